The van der Waals surface area contributed by atoms with Crippen molar-refractivity contribution in [2.75, 3.05) is 40.8 Å². The molecule has 1 saturated carbocycles. The van der Waals surface area contributed by atoms with Gasteiger partial charge in [0.15, 0.2) is 5.96 Å². The number of unbranched alkanes of at least 4 members (excludes halogenated alkanes) is 1. The van der Waals surface area contributed by atoms with Crippen LogP contribution in [0, 0.1) is 0 Å². The van der Waals surface area contributed by atoms with E-state index in [9.17, 15) is 0 Å². The molecule has 0 aromatic rings. The van der Waals surface area contributed by atoms with Crippen molar-refractivity contribution in [3.05, 3.63) is 12.7 Å². The van der Waals surface area contributed by atoms with Crippen molar-refractivity contribution in [2.24, 2.45) is 4.99 Å². The van der Waals surface area contributed by atoms with Crippen molar-refractivity contribution in [2.45, 2.75) is 51.0 Å². The summed E-state index contributed by atoms with van der Waals surface area (Å²) in [6.07, 6.45) is 11.1. The van der Waals surface area contributed by atoms with Crippen molar-refractivity contribution in [1.29, 1.82) is 0 Å². The Kier molecular flexibility index (Phi) is 13.0. The Balaban J connectivity index is 0.00000441. The van der Waals surface area contributed by atoms with Crippen molar-refractivity contribution in [3.8, 4) is 0 Å². The highest BCUT2D eigenvalue weighted by Crippen LogP contribution is 2.21. The van der Waals surface area contributed by atoms with Crippen LogP contribution in [-0.2, 0) is 0 Å². The number of likely N-dealkylation sites (N-methyl/N-ethyl adjacent to an activating group) is 1. The van der Waals surface area contributed by atoms with Crippen molar-refractivity contribution in [1.82, 2.24) is 15.1 Å². The van der Waals surface area contributed by atoms with Crippen LogP contribution in [0.5, 0.6) is 0 Å². The highest BCUT2D eigenvalue weighted by molar-refractivity contribution is 14.0. The Morgan fingerprint density at radius 3 is 2.50 bits per heavy atom. The van der Waals surface area contributed by atoms with E-state index in [4.69, 9.17) is 0 Å². The van der Waals surface area contributed by atoms with E-state index in [1.807, 2.05) is 13.1 Å². The number of guanidine groups is 1. The molecule has 22 heavy (non-hydrogen) atoms. The monoisotopic (exact) mass is 422 g/mol. The van der Waals surface area contributed by atoms with E-state index in [1.165, 1.54) is 32.1 Å². The molecule has 0 radical (unpaired) electrons. The maximum atomic E-state index is 4.36. The van der Waals surface area contributed by atoms with Crippen LogP contribution in [0.25, 0.3) is 0 Å². The van der Waals surface area contributed by atoms with E-state index in [1.54, 1.807) is 0 Å². The Morgan fingerprint density at radius 2 is 1.91 bits per heavy atom. The molecule has 4 nitrogen and oxygen atoms in total. The minimum Gasteiger partial charge on any atom is -0.355 e. The molecule has 0 aromatic carbocycles. The molecule has 0 atom stereocenters. The number of halogens is 1. The SMILES string of the molecule is C=CCCCN(C)C(=NC)NCCN(C)C1CCCCC1.I. The van der Waals surface area contributed by atoms with Gasteiger partial charge in [-0.3, -0.25) is 4.99 Å². The van der Waals surface area contributed by atoms with Crippen LogP contribution in [0.3, 0.4) is 0 Å². The second-order valence-corrected chi connectivity index (χ2v) is 6.10. The fourth-order valence-electron chi connectivity index (χ4n) is 3.01. The first kappa shape index (κ1) is 21.7. The Hall–Kier alpha value is -0.300. The number of rotatable bonds is 8. The fourth-order valence-corrected chi connectivity index (χ4v) is 3.01. The molecule has 0 heterocycles. The molecule has 0 amide bonds. The zero-order chi connectivity index (χ0) is 15.5. The highest BCUT2D eigenvalue weighted by Gasteiger charge is 2.17. The zero-order valence-electron chi connectivity index (χ0n) is 14.7. The molecule has 1 fully saturated rings. The first-order valence-electron chi connectivity index (χ1n) is 8.42. The predicted octanol–water partition coefficient (Wildman–Crippen LogP) is 3.34. The van der Waals surface area contributed by atoms with Gasteiger partial charge in [-0.05, 0) is 32.7 Å². The van der Waals surface area contributed by atoms with E-state index in [0.717, 1.165) is 44.5 Å². The average molecular weight is 422 g/mol. The van der Waals surface area contributed by atoms with Gasteiger partial charge in [0.1, 0.15) is 0 Å². The van der Waals surface area contributed by atoms with Crippen LogP contribution >= 0.6 is 24.0 Å². The maximum Gasteiger partial charge on any atom is 0.193 e. The van der Waals surface area contributed by atoms with Crippen LogP contribution in [0.4, 0.5) is 0 Å². The summed E-state index contributed by atoms with van der Waals surface area (Å²) in [5.74, 6) is 0.996. The van der Waals surface area contributed by atoms with Gasteiger partial charge in [-0.25, -0.2) is 0 Å². The van der Waals surface area contributed by atoms with Gasteiger partial charge in [0.05, 0.1) is 0 Å². The van der Waals surface area contributed by atoms with Gasteiger partial charge in [-0.1, -0.05) is 25.3 Å². The van der Waals surface area contributed by atoms with Crippen molar-refractivity contribution in [3.63, 3.8) is 0 Å². The highest BCUT2D eigenvalue weighted by atomic mass is 127. The van der Waals surface area contributed by atoms with Crippen LogP contribution in [0.2, 0.25) is 0 Å². The van der Waals surface area contributed by atoms with E-state index in [0.29, 0.717) is 0 Å². The Bertz CT molecular complexity index is 314. The van der Waals surface area contributed by atoms with Gasteiger partial charge in [0.25, 0.3) is 0 Å². The maximum absolute atomic E-state index is 4.36. The lowest BCUT2D eigenvalue weighted by Gasteiger charge is -2.31. The summed E-state index contributed by atoms with van der Waals surface area (Å²) in [5.41, 5.74) is 0. The summed E-state index contributed by atoms with van der Waals surface area (Å²) in [6, 6.07) is 0.785. The average Bonchev–Trinajstić information content (AvgIpc) is 2.52. The third-order valence-corrected chi connectivity index (χ3v) is 4.42. The lowest BCUT2D eigenvalue weighted by Crippen LogP contribution is -2.44. The van der Waals surface area contributed by atoms with E-state index < -0.39 is 0 Å². The van der Waals surface area contributed by atoms with Gasteiger partial charge >= 0.3 is 0 Å². The summed E-state index contributed by atoms with van der Waals surface area (Å²) in [6.45, 7) is 6.84. The quantitative estimate of drug-likeness (QED) is 0.214. The standard InChI is InChI=1S/C17H34N4.HI/c1-5-6-10-14-21(4)17(18-2)19-13-15-20(3)16-11-8-7-9-12-16;/h5,16H,1,6-15H2,2-4H3,(H,18,19);1H. The molecule has 0 aliphatic heterocycles. The van der Waals surface area contributed by atoms with Crippen molar-refractivity contribution < 1.29 is 0 Å². The van der Waals surface area contributed by atoms with Crippen LogP contribution in [0.15, 0.2) is 17.6 Å². The van der Waals surface area contributed by atoms with E-state index in [2.05, 4.69) is 40.8 Å². The molecule has 0 spiro atoms. The number of hydrogen-bond donors (Lipinski definition) is 1. The van der Waals surface area contributed by atoms with Gasteiger partial charge in [-0.15, -0.1) is 30.6 Å². The number of allylic oxidation sites excluding steroid dienone is 1. The number of aliphatic imine (C=N–C) groups is 1. The van der Waals surface area contributed by atoms with Crippen LogP contribution < -0.4 is 5.32 Å². The zero-order valence-corrected chi connectivity index (χ0v) is 17.0. The molecular weight excluding hydrogens is 387 g/mol. The van der Waals surface area contributed by atoms with Gasteiger partial charge in [0, 0.05) is 39.8 Å². The summed E-state index contributed by atoms with van der Waals surface area (Å²) >= 11 is 0. The minimum atomic E-state index is 0. The smallest absolute Gasteiger partial charge is 0.193 e. The second kappa shape index (κ2) is 13.2. The molecule has 0 aromatic heterocycles. The Morgan fingerprint density at radius 1 is 1.23 bits per heavy atom. The lowest BCUT2D eigenvalue weighted by atomic mass is 9.94. The van der Waals surface area contributed by atoms with Gasteiger partial charge in [0.2, 0.25) is 0 Å². The molecular formula is C17H35IN4. The molecule has 0 saturated heterocycles. The summed E-state index contributed by atoms with van der Waals surface area (Å²) in [5, 5.41) is 3.47. The number of nitrogens with zero attached hydrogens (tertiary/aromatic N) is 3. The topological polar surface area (TPSA) is 30.9 Å². The summed E-state index contributed by atoms with van der Waals surface area (Å²) < 4.78 is 0. The molecule has 1 aliphatic carbocycles. The number of nitrogens with one attached hydrogen (secondary N) is 1. The number of hydrogen-bond acceptors (Lipinski definition) is 2. The summed E-state index contributed by atoms with van der Waals surface area (Å²) in [4.78, 5) is 9.07. The van der Waals surface area contributed by atoms with Crippen LogP contribution in [0.1, 0.15) is 44.9 Å². The van der Waals surface area contributed by atoms with E-state index in [-0.39, 0.29) is 24.0 Å². The molecule has 1 N–H and O–H groups in total. The first-order valence-corrected chi connectivity index (χ1v) is 8.42. The molecule has 0 unspecified atom stereocenters. The lowest BCUT2D eigenvalue weighted by molar-refractivity contribution is 0.194. The summed E-state index contributed by atoms with van der Waals surface area (Å²) in [7, 11) is 6.22. The molecule has 1 aliphatic rings. The largest absolute Gasteiger partial charge is 0.355 e. The van der Waals surface area contributed by atoms with Gasteiger partial charge in [-0.2, -0.15) is 0 Å². The fraction of sp³-hybridized carbons (Fsp3) is 0.824. The third kappa shape index (κ3) is 8.36. The Labute approximate surface area is 154 Å². The normalized spacial score (nSPS) is 16.3. The predicted molar refractivity (Wildman–Crippen MR) is 108 cm³/mol. The van der Waals surface area contributed by atoms with Crippen LogP contribution in [-0.4, -0.2) is 62.6 Å². The second-order valence-electron chi connectivity index (χ2n) is 6.10. The first-order chi connectivity index (χ1) is 10.2. The minimum absolute atomic E-state index is 0. The van der Waals surface area contributed by atoms with Crippen molar-refractivity contribution >= 4 is 29.9 Å². The van der Waals surface area contributed by atoms with E-state index >= 15 is 0 Å². The molecule has 0 bridgehead atoms. The molecule has 5 heteroatoms. The third-order valence-electron chi connectivity index (χ3n) is 4.42. The van der Waals surface area contributed by atoms with Gasteiger partial charge < -0.3 is 15.1 Å². The molecule has 1 rings (SSSR count). The molecule has 130 valence electrons.